The van der Waals surface area contributed by atoms with Gasteiger partial charge in [0.25, 0.3) is 25.6 Å². The Morgan fingerprint density at radius 3 is 2.05 bits per heavy atom. The summed E-state index contributed by atoms with van der Waals surface area (Å²) in [5.74, 6) is -2.88. The second-order valence-electron chi connectivity index (χ2n) is 16.8. The Morgan fingerprint density at radius 2 is 1.52 bits per heavy atom. The Balaban J connectivity index is 1.43. The minimum Gasteiger partial charge on any atom is -0.484 e. The number of imidazole rings is 1. The summed E-state index contributed by atoms with van der Waals surface area (Å²) in [6, 6.07) is 28.5. The molecule has 4 N–H and O–H groups in total. The fourth-order valence-electron chi connectivity index (χ4n) is 6.93. The number of rotatable bonds is 14. The van der Waals surface area contributed by atoms with E-state index in [9.17, 15) is 24.2 Å². The first-order valence-corrected chi connectivity index (χ1v) is 24.8. The molecule has 0 bridgehead atoms. The number of benzene rings is 3. The molecular formula is C40H51N5O10PSi2+. The van der Waals surface area contributed by atoms with Crippen LogP contribution in [0.25, 0.3) is 11.2 Å². The molecule has 2 aromatic heterocycles. The second-order valence-corrected chi connectivity index (χ2v) is 26.5. The van der Waals surface area contributed by atoms with Gasteiger partial charge < -0.3 is 23.4 Å². The predicted octanol–water partition coefficient (Wildman–Crippen LogP) is 5.36. The van der Waals surface area contributed by atoms with E-state index >= 15 is 0 Å². The van der Waals surface area contributed by atoms with Crippen molar-refractivity contribution in [3.8, 4) is 5.75 Å². The van der Waals surface area contributed by atoms with E-state index in [0.717, 1.165) is 10.4 Å². The molecule has 18 heteroatoms. The van der Waals surface area contributed by atoms with Crippen molar-refractivity contribution in [2.24, 2.45) is 0 Å². The topological polar surface area (TPSA) is 196 Å². The molecule has 5 aromatic rings. The smallest absolute Gasteiger partial charge is 0.484 e. The number of nitrogens with zero attached hydrogens (tertiary/aromatic N) is 3. The fourth-order valence-corrected chi connectivity index (χ4v) is 13.2. The van der Waals surface area contributed by atoms with Gasteiger partial charge in [0.2, 0.25) is 5.95 Å². The number of para-hydroxylation sites is 1. The van der Waals surface area contributed by atoms with Gasteiger partial charge in [-0.25, -0.2) is 4.98 Å². The lowest BCUT2D eigenvalue weighted by molar-refractivity contribution is -0.212. The SMILES string of the molecule is CC(C)(C)[Si](C)(C)O[C@H]1[C@H](n2cnc3c(=O)[nH]c(NC(=O)COc4ccccc4)nc32)O[C@H](CO[Si](c2ccccc2)(c2ccccc2)C(C)(C)C)[C@@]1(O)O[P+](=O)O. The molecule has 3 aromatic carbocycles. The molecule has 1 unspecified atom stereocenters. The number of aromatic nitrogens is 4. The zero-order chi connectivity index (χ0) is 42.1. The van der Waals surface area contributed by atoms with Crippen LogP contribution >= 0.6 is 8.25 Å². The van der Waals surface area contributed by atoms with Crippen molar-refractivity contribution in [2.45, 2.75) is 88.9 Å². The number of aromatic amines is 1. The van der Waals surface area contributed by atoms with E-state index in [1.54, 1.807) is 24.3 Å². The molecule has 5 atom stereocenters. The number of carbonyl (C=O) groups is 1. The van der Waals surface area contributed by atoms with E-state index in [-0.39, 0.29) is 30.3 Å². The molecule has 6 rings (SSSR count). The summed E-state index contributed by atoms with van der Waals surface area (Å²) < 4.78 is 45.9. The third kappa shape index (κ3) is 8.64. The minimum absolute atomic E-state index is 0.0267. The molecule has 15 nitrogen and oxygen atoms in total. The monoisotopic (exact) mass is 848 g/mol. The summed E-state index contributed by atoms with van der Waals surface area (Å²) in [5.41, 5.74) is -0.793. The largest absolute Gasteiger partial charge is 0.697 e. The number of carbonyl (C=O) groups excluding carboxylic acids is 1. The summed E-state index contributed by atoms with van der Waals surface area (Å²) in [6.07, 6.45) is -2.92. The van der Waals surface area contributed by atoms with Crippen molar-refractivity contribution in [3.05, 3.63) is 108 Å². The maximum Gasteiger partial charge on any atom is 0.697 e. The van der Waals surface area contributed by atoms with Gasteiger partial charge in [0, 0.05) is 4.57 Å². The highest BCUT2D eigenvalue weighted by Crippen LogP contribution is 2.49. The maximum atomic E-state index is 13.4. The van der Waals surface area contributed by atoms with E-state index in [4.69, 9.17) is 22.8 Å². The summed E-state index contributed by atoms with van der Waals surface area (Å²) in [7, 11) is -9.54. The quantitative estimate of drug-likeness (QED) is 0.0636. The van der Waals surface area contributed by atoms with Crippen LogP contribution in [-0.2, 0) is 27.5 Å². The zero-order valence-electron chi connectivity index (χ0n) is 33.8. The fraction of sp³-hybridized carbons (Fsp3) is 0.400. The summed E-state index contributed by atoms with van der Waals surface area (Å²) in [5, 5.41) is 16.3. The highest BCUT2D eigenvalue weighted by molar-refractivity contribution is 7.32. The number of aliphatic hydroxyl groups is 1. The van der Waals surface area contributed by atoms with Gasteiger partial charge in [0.05, 0.1) is 12.9 Å². The average Bonchev–Trinajstić information content (AvgIpc) is 3.69. The number of fused-ring (bicyclic) bond motifs is 1. The Bertz CT molecular complexity index is 2240. The Kier molecular flexibility index (Phi) is 12.4. The van der Waals surface area contributed by atoms with Gasteiger partial charge in [0.1, 0.15) is 11.9 Å². The lowest BCUT2D eigenvalue weighted by Crippen LogP contribution is -2.67. The van der Waals surface area contributed by atoms with Gasteiger partial charge in [0.15, 0.2) is 38.4 Å². The molecule has 0 aliphatic carbocycles. The van der Waals surface area contributed by atoms with Gasteiger partial charge in [-0.2, -0.15) is 4.98 Å². The molecule has 0 radical (unpaired) electrons. The van der Waals surface area contributed by atoms with E-state index in [1.807, 2.05) is 101 Å². The minimum atomic E-state index is -3.43. The van der Waals surface area contributed by atoms with Crippen molar-refractivity contribution in [2.75, 3.05) is 18.5 Å². The number of anilines is 1. The van der Waals surface area contributed by atoms with Crippen molar-refractivity contribution in [1.82, 2.24) is 19.5 Å². The van der Waals surface area contributed by atoms with Crippen molar-refractivity contribution in [3.63, 3.8) is 0 Å². The third-order valence-corrected chi connectivity index (χ3v) is 20.7. The maximum absolute atomic E-state index is 13.4. The Hall–Kier alpha value is -4.43. The highest BCUT2D eigenvalue weighted by atomic mass is 31.1. The van der Waals surface area contributed by atoms with Gasteiger partial charge in [-0.15, -0.1) is 4.89 Å². The first kappa shape index (κ1) is 43.2. The van der Waals surface area contributed by atoms with E-state index in [2.05, 4.69) is 41.0 Å². The van der Waals surface area contributed by atoms with Crippen LogP contribution in [0.15, 0.2) is 102 Å². The second kappa shape index (κ2) is 16.7. The molecule has 3 heterocycles. The van der Waals surface area contributed by atoms with Crippen molar-refractivity contribution < 1.29 is 42.2 Å². The van der Waals surface area contributed by atoms with Crippen LogP contribution in [0.4, 0.5) is 5.95 Å². The van der Waals surface area contributed by atoms with Crippen LogP contribution in [0.2, 0.25) is 23.2 Å². The molecule has 0 saturated carbocycles. The predicted molar refractivity (Wildman–Crippen MR) is 224 cm³/mol. The number of hydrogen-bond donors (Lipinski definition) is 4. The molecule has 308 valence electrons. The molecule has 0 spiro atoms. The molecular weight excluding hydrogens is 798 g/mol. The van der Waals surface area contributed by atoms with E-state index in [1.165, 1.54) is 10.9 Å². The third-order valence-electron chi connectivity index (χ3n) is 10.8. The molecule has 1 aliphatic heterocycles. The van der Waals surface area contributed by atoms with Crippen LogP contribution in [0, 0.1) is 0 Å². The standard InChI is InChI=1S/C40H50N5O10PSi2/c1-38(2,3)57(7,8)54-33-36(45-26-41-32-34(45)43-37(44-35(32)47)42-31(46)25-51-27-18-12-9-13-19-27)53-30(40(33,48)55-56(49)50)24-52-58(39(4,5)6,28-20-14-10-15-21-28)29-22-16-11-17-23-29/h9-23,26,30,33,36,48H,24-25H2,1-8H3,(H2-,42,43,44,46,47,49,50)/p+1/t30-,33+,36-,40-/m1/s1. The van der Waals surface area contributed by atoms with Gasteiger partial charge in [-0.05, 0) is 45.7 Å². The molecule has 1 aliphatic rings. The normalized spacial score (nSPS) is 20.6. The number of nitrogens with one attached hydrogen (secondary N) is 2. The van der Waals surface area contributed by atoms with Crippen LogP contribution in [0.5, 0.6) is 5.75 Å². The first-order chi connectivity index (χ1) is 27.3. The Morgan fingerprint density at radius 1 is 0.948 bits per heavy atom. The highest BCUT2D eigenvalue weighted by Gasteiger charge is 2.66. The molecule has 58 heavy (non-hydrogen) atoms. The number of H-pyrrole nitrogens is 1. The molecule has 1 amide bonds. The van der Waals surface area contributed by atoms with Gasteiger partial charge >= 0.3 is 8.25 Å². The van der Waals surface area contributed by atoms with Crippen LogP contribution in [0.3, 0.4) is 0 Å². The lowest BCUT2D eigenvalue weighted by Gasteiger charge is -2.44. The summed E-state index contributed by atoms with van der Waals surface area (Å²) in [6.45, 7) is 15.5. The molecule has 1 saturated heterocycles. The van der Waals surface area contributed by atoms with Crippen molar-refractivity contribution in [1.29, 1.82) is 0 Å². The van der Waals surface area contributed by atoms with Crippen molar-refractivity contribution >= 4 is 58.3 Å². The summed E-state index contributed by atoms with van der Waals surface area (Å²) >= 11 is 0. The summed E-state index contributed by atoms with van der Waals surface area (Å²) in [4.78, 5) is 47.9. The van der Waals surface area contributed by atoms with E-state index in [0.29, 0.717) is 5.75 Å². The Labute approximate surface area is 339 Å². The zero-order valence-corrected chi connectivity index (χ0v) is 36.7. The number of hydrogen-bond acceptors (Lipinski definition) is 11. The molecule has 1 fully saturated rings. The average molecular weight is 849 g/mol. The number of amides is 1. The number of ether oxygens (including phenoxy) is 2. The van der Waals surface area contributed by atoms with Crippen LogP contribution < -0.4 is 26.0 Å². The van der Waals surface area contributed by atoms with Crippen LogP contribution in [-0.4, -0.2) is 83.3 Å². The van der Waals surface area contributed by atoms with E-state index < -0.39 is 70.7 Å². The van der Waals surface area contributed by atoms with Crippen LogP contribution in [0.1, 0.15) is 47.8 Å². The van der Waals surface area contributed by atoms with Gasteiger partial charge in [-0.1, -0.05) is 125 Å². The first-order valence-electron chi connectivity index (χ1n) is 18.9. The van der Waals surface area contributed by atoms with Gasteiger partial charge in [-0.3, -0.25) is 24.5 Å². The lowest BCUT2D eigenvalue weighted by atomic mass is 10.1.